The Bertz CT molecular complexity index is 784. The van der Waals surface area contributed by atoms with Crippen molar-refractivity contribution in [1.82, 2.24) is 0 Å². The molecule has 0 aromatic heterocycles. The van der Waals surface area contributed by atoms with E-state index in [0.717, 1.165) is 6.42 Å². The molecule has 2 aliphatic carbocycles. The first kappa shape index (κ1) is 16.9. The van der Waals surface area contributed by atoms with Gasteiger partial charge in [0.15, 0.2) is 0 Å². The Hall–Kier alpha value is -2.98. The van der Waals surface area contributed by atoms with Crippen molar-refractivity contribution < 1.29 is 23.0 Å². The zero-order chi connectivity index (χ0) is 18.4. The minimum absolute atomic E-state index is 0.0695. The van der Waals surface area contributed by atoms with Crippen LogP contribution in [0.15, 0.2) is 29.4 Å². The molecule has 132 valence electrons. The van der Waals surface area contributed by atoms with Gasteiger partial charge >= 0.3 is 17.6 Å². The van der Waals surface area contributed by atoms with E-state index in [1.54, 1.807) is 0 Å². The van der Waals surface area contributed by atoms with Crippen LogP contribution in [0.4, 0.5) is 30.2 Å². The molecule has 2 aliphatic rings. The van der Waals surface area contributed by atoms with Crippen molar-refractivity contribution in [2.24, 2.45) is 16.9 Å². The fourth-order valence-electron chi connectivity index (χ4n) is 2.97. The van der Waals surface area contributed by atoms with Gasteiger partial charge < -0.3 is 0 Å². The lowest BCUT2D eigenvalue weighted by Gasteiger charge is -2.31. The molecule has 1 aromatic rings. The maximum absolute atomic E-state index is 12.8. The number of hydrogen-bond acceptors (Lipinski definition) is 6. The van der Waals surface area contributed by atoms with Crippen LogP contribution in [0, 0.1) is 32.1 Å². The molecular weight excluding hydrogens is 345 g/mol. The Morgan fingerprint density at radius 3 is 2.24 bits per heavy atom. The highest BCUT2D eigenvalue weighted by molar-refractivity contribution is 5.95. The predicted molar refractivity (Wildman–Crippen MR) is 81.2 cm³/mol. The van der Waals surface area contributed by atoms with Crippen molar-refractivity contribution in [2.75, 3.05) is 5.43 Å². The summed E-state index contributed by atoms with van der Waals surface area (Å²) in [5.41, 5.74) is -1.34. The van der Waals surface area contributed by atoms with Gasteiger partial charge in [-0.2, -0.15) is 18.3 Å². The van der Waals surface area contributed by atoms with E-state index in [-0.39, 0.29) is 18.1 Å². The minimum Gasteiger partial charge on any atom is -0.266 e. The van der Waals surface area contributed by atoms with Crippen LogP contribution in [0.2, 0.25) is 0 Å². The van der Waals surface area contributed by atoms with Gasteiger partial charge in [-0.05, 0) is 18.8 Å². The van der Waals surface area contributed by atoms with Crippen LogP contribution < -0.4 is 5.43 Å². The molecule has 0 bridgehead atoms. The lowest BCUT2D eigenvalue weighted by atomic mass is 9.74. The largest absolute Gasteiger partial charge is 0.416 e. The summed E-state index contributed by atoms with van der Waals surface area (Å²) in [5, 5.41) is 26.2. The van der Waals surface area contributed by atoms with Crippen LogP contribution in [0.25, 0.3) is 0 Å². The zero-order valence-corrected chi connectivity index (χ0v) is 12.5. The number of benzene rings is 1. The van der Waals surface area contributed by atoms with Crippen molar-refractivity contribution in [3.8, 4) is 0 Å². The standard InChI is InChI=1S/C14H11F3N4O4/c15-14(16,17)8-5-11(20(22)23)13(12(6-8)21(24)25)19-18-10-4-7-2-1-3-9(7)10/h1,3,5-7,9,19H,2,4H2/b18-10-/t7-,9-/m0/s1. The second kappa shape index (κ2) is 5.83. The average molecular weight is 356 g/mol. The number of nitrogens with zero attached hydrogens (tertiary/aromatic N) is 3. The predicted octanol–water partition coefficient (Wildman–Crippen LogP) is 3.89. The van der Waals surface area contributed by atoms with E-state index in [9.17, 15) is 33.4 Å². The van der Waals surface area contributed by atoms with Gasteiger partial charge in [-0.1, -0.05) is 12.2 Å². The van der Waals surface area contributed by atoms with Gasteiger partial charge in [0.1, 0.15) is 0 Å². The third-order valence-corrected chi connectivity index (χ3v) is 4.27. The highest BCUT2D eigenvalue weighted by atomic mass is 19.4. The molecule has 0 saturated heterocycles. The number of nitrogens with one attached hydrogen (secondary N) is 1. The minimum atomic E-state index is -4.95. The van der Waals surface area contributed by atoms with E-state index in [1.165, 1.54) is 0 Å². The average Bonchev–Trinajstić information content (AvgIpc) is 2.86. The van der Waals surface area contributed by atoms with Crippen molar-refractivity contribution in [3.63, 3.8) is 0 Å². The molecule has 2 atom stereocenters. The van der Waals surface area contributed by atoms with Gasteiger partial charge in [-0.25, -0.2) is 0 Å². The molecule has 1 N–H and O–H groups in total. The molecule has 0 unspecified atom stereocenters. The quantitative estimate of drug-likeness (QED) is 0.500. The molecule has 1 fully saturated rings. The molecule has 1 saturated carbocycles. The summed E-state index contributed by atoms with van der Waals surface area (Å²) in [6, 6.07) is 0.517. The monoisotopic (exact) mass is 356 g/mol. The molecule has 25 heavy (non-hydrogen) atoms. The summed E-state index contributed by atoms with van der Waals surface area (Å²) < 4.78 is 38.5. The van der Waals surface area contributed by atoms with Crippen LogP contribution in [0.3, 0.4) is 0 Å². The molecular formula is C14H11F3N4O4. The molecule has 0 aliphatic heterocycles. The van der Waals surface area contributed by atoms with Gasteiger partial charge in [0.05, 0.1) is 15.4 Å². The number of alkyl halides is 3. The first-order chi connectivity index (χ1) is 11.7. The first-order valence-corrected chi connectivity index (χ1v) is 7.21. The van der Waals surface area contributed by atoms with Crippen molar-refractivity contribution >= 4 is 22.8 Å². The van der Waals surface area contributed by atoms with E-state index in [4.69, 9.17) is 0 Å². The number of hydrazone groups is 1. The molecule has 3 rings (SSSR count). The summed E-state index contributed by atoms with van der Waals surface area (Å²) in [6.07, 6.45) is 0.470. The van der Waals surface area contributed by atoms with Crippen LogP contribution in [-0.2, 0) is 6.18 Å². The zero-order valence-electron chi connectivity index (χ0n) is 12.5. The van der Waals surface area contributed by atoms with E-state index < -0.39 is 38.6 Å². The molecule has 11 heteroatoms. The normalized spacial score (nSPS) is 23.2. The topological polar surface area (TPSA) is 111 Å². The summed E-state index contributed by atoms with van der Waals surface area (Å²) in [6.45, 7) is 0. The fraction of sp³-hybridized carbons (Fsp3) is 0.357. The Labute approximate surface area is 138 Å². The summed E-state index contributed by atoms with van der Waals surface area (Å²) in [7, 11) is 0. The number of nitro groups is 2. The molecule has 1 aromatic carbocycles. The van der Waals surface area contributed by atoms with Crippen molar-refractivity contribution in [2.45, 2.75) is 19.0 Å². The highest BCUT2D eigenvalue weighted by Crippen LogP contribution is 2.43. The van der Waals surface area contributed by atoms with Gasteiger partial charge in [0, 0.05) is 23.8 Å². The number of halogens is 3. The Morgan fingerprint density at radius 1 is 1.16 bits per heavy atom. The maximum Gasteiger partial charge on any atom is 0.416 e. The van der Waals surface area contributed by atoms with Gasteiger partial charge in [0.2, 0.25) is 5.69 Å². The third kappa shape index (κ3) is 3.04. The Morgan fingerprint density at radius 2 is 1.76 bits per heavy atom. The lowest BCUT2D eigenvalue weighted by molar-refractivity contribution is -0.392. The molecule has 0 amide bonds. The molecule has 0 radical (unpaired) electrons. The third-order valence-electron chi connectivity index (χ3n) is 4.27. The SMILES string of the molecule is O=[N+]([O-])c1cc(C(F)(F)F)cc([N+](=O)[O-])c1N/N=C1/C[C@@H]2CC=C[C@H]12. The summed E-state index contributed by atoms with van der Waals surface area (Å²) in [5.74, 6) is 0.471. The number of rotatable bonds is 4. The Kier molecular flexibility index (Phi) is 3.93. The first-order valence-electron chi connectivity index (χ1n) is 7.21. The number of hydrogen-bond donors (Lipinski definition) is 1. The summed E-state index contributed by atoms with van der Waals surface area (Å²) in [4.78, 5) is 20.0. The lowest BCUT2D eigenvalue weighted by Crippen LogP contribution is -2.33. The molecule has 8 nitrogen and oxygen atoms in total. The smallest absolute Gasteiger partial charge is 0.266 e. The second-order valence-corrected chi connectivity index (χ2v) is 5.77. The van der Waals surface area contributed by atoms with Crippen molar-refractivity contribution in [3.05, 3.63) is 50.1 Å². The van der Waals surface area contributed by atoms with E-state index in [0.29, 0.717) is 18.1 Å². The molecule has 0 spiro atoms. The van der Waals surface area contributed by atoms with Crippen LogP contribution >= 0.6 is 0 Å². The Balaban J connectivity index is 2.01. The fourth-order valence-corrected chi connectivity index (χ4v) is 2.97. The second-order valence-electron chi connectivity index (χ2n) is 5.77. The van der Waals surface area contributed by atoms with E-state index in [1.807, 2.05) is 12.2 Å². The van der Waals surface area contributed by atoms with Crippen LogP contribution in [0.1, 0.15) is 18.4 Å². The number of fused-ring (bicyclic) bond motifs is 1. The van der Waals surface area contributed by atoms with Crippen LogP contribution in [-0.4, -0.2) is 15.6 Å². The highest BCUT2D eigenvalue weighted by Gasteiger charge is 2.40. The van der Waals surface area contributed by atoms with Gasteiger partial charge in [-0.15, -0.1) is 0 Å². The number of anilines is 1. The molecule has 0 heterocycles. The number of allylic oxidation sites excluding steroid dienone is 2. The van der Waals surface area contributed by atoms with Crippen molar-refractivity contribution in [1.29, 1.82) is 0 Å². The van der Waals surface area contributed by atoms with Crippen LogP contribution in [0.5, 0.6) is 0 Å². The van der Waals surface area contributed by atoms with Gasteiger partial charge in [0.25, 0.3) is 0 Å². The van der Waals surface area contributed by atoms with E-state index in [2.05, 4.69) is 10.5 Å². The summed E-state index contributed by atoms with van der Waals surface area (Å²) >= 11 is 0. The van der Waals surface area contributed by atoms with E-state index >= 15 is 0 Å². The maximum atomic E-state index is 12.8. The van der Waals surface area contributed by atoms with Gasteiger partial charge in [-0.3, -0.25) is 25.7 Å². The number of nitro benzene ring substituents is 2.